The number of hydrogen-bond acceptors (Lipinski definition) is 2. The van der Waals surface area contributed by atoms with Gasteiger partial charge in [0, 0.05) is 6.54 Å². The van der Waals surface area contributed by atoms with Crippen LogP contribution < -0.4 is 5.32 Å². The maximum atomic E-state index is 11.6. The number of carbonyl (C=O) groups is 1. The van der Waals surface area contributed by atoms with E-state index in [4.69, 9.17) is 4.42 Å². The van der Waals surface area contributed by atoms with Crippen LogP contribution in [0.1, 0.15) is 38.2 Å². The molecule has 0 aliphatic rings. The predicted molar refractivity (Wildman–Crippen MR) is 59.7 cm³/mol. The van der Waals surface area contributed by atoms with Gasteiger partial charge in [-0.25, -0.2) is 0 Å². The van der Waals surface area contributed by atoms with Gasteiger partial charge in [-0.2, -0.15) is 0 Å². The van der Waals surface area contributed by atoms with Crippen molar-refractivity contribution >= 4 is 5.91 Å². The van der Waals surface area contributed by atoms with E-state index in [0.29, 0.717) is 18.2 Å². The minimum Gasteiger partial charge on any atom is -0.459 e. The third kappa shape index (κ3) is 3.11. The van der Waals surface area contributed by atoms with Crippen molar-refractivity contribution in [1.82, 2.24) is 5.32 Å². The lowest BCUT2D eigenvalue weighted by atomic mass is 9.81. The van der Waals surface area contributed by atoms with Crippen molar-refractivity contribution in [3.63, 3.8) is 0 Å². The number of hydrogen-bond donors (Lipinski definition) is 1. The summed E-state index contributed by atoms with van der Waals surface area (Å²) in [6.07, 6.45) is 1.50. The van der Waals surface area contributed by atoms with Gasteiger partial charge in [0.1, 0.15) is 0 Å². The Morgan fingerprint density at radius 1 is 1.53 bits per heavy atom. The van der Waals surface area contributed by atoms with Crippen molar-refractivity contribution in [3.8, 4) is 0 Å². The Morgan fingerprint density at radius 3 is 2.67 bits per heavy atom. The third-order valence-electron chi connectivity index (χ3n) is 3.01. The quantitative estimate of drug-likeness (QED) is 0.828. The molecule has 84 valence electrons. The molecule has 0 spiro atoms. The molecule has 3 heteroatoms. The standard InChI is InChI=1S/C12H19NO2/c1-9(2)12(3,4)8-13-11(14)10-6-5-7-15-10/h5-7,9H,8H2,1-4H3,(H,13,14). The summed E-state index contributed by atoms with van der Waals surface area (Å²) < 4.78 is 5.01. The maximum Gasteiger partial charge on any atom is 0.286 e. The molecule has 0 aliphatic heterocycles. The van der Waals surface area contributed by atoms with Gasteiger partial charge < -0.3 is 9.73 Å². The van der Waals surface area contributed by atoms with Crippen LogP contribution in [0.15, 0.2) is 22.8 Å². The van der Waals surface area contributed by atoms with Crippen LogP contribution in [-0.4, -0.2) is 12.5 Å². The molecule has 0 saturated heterocycles. The summed E-state index contributed by atoms with van der Waals surface area (Å²) in [6.45, 7) is 9.24. The van der Waals surface area contributed by atoms with Crippen LogP contribution in [0.4, 0.5) is 0 Å². The highest BCUT2D eigenvalue weighted by atomic mass is 16.3. The van der Waals surface area contributed by atoms with Crippen molar-refractivity contribution in [3.05, 3.63) is 24.2 Å². The van der Waals surface area contributed by atoms with Crippen LogP contribution in [0.5, 0.6) is 0 Å². The lowest BCUT2D eigenvalue weighted by molar-refractivity contribution is 0.0897. The highest BCUT2D eigenvalue weighted by Crippen LogP contribution is 2.24. The third-order valence-corrected chi connectivity index (χ3v) is 3.01. The Morgan fingerprint density at radius 2 is 2.20 bits per heavy atom. The van der Waals surface area contributed by atoms with Gasteiger partial charge in [0.2, 0.25) is 0 Å². The highest BCUT2D eigenvalue weighted by molar-refractivity contribution is 5.91. The first-order valence-electron chi connectivity index (χ1n) is 5.25. The zero-order valence-electron chi connectivity index (χ0n) is 9.83. The van der Waals surface area contributed by atoms with E-state index in [-0.39, 0.29) is 11.3 Å². The second-order valence-corrected chi connectivity index (χ2v) is 4.80. The van der Waals surface area contributed by atoms with Gasteiger partial charge >= 0.3 is 0 Å². The van der Waals surface area contributed by atoms with Gasteiger partial charge in [0.05, 0.1) is 6.26 Å². The van der Waals surface area contributed by atoms with E-state index in [1.165, 1.54) is 6.26 Å². The topological polar surface area (TPSA) is 42.2 Å². The zero-order chi connectivity index (χ0) is 11.5. The number of amides is 1. The van der Waals surface area contributed by atoms with Gasteiger partial charge in [0.25, 0.3) is 5.91 Å². The van der Waals surface area contributed by atoms with Gasteiger partial charge in [-0.3, -0.25) is 4.79 Å². The molecule has 1 N–H and O–H groups in total. The van der Waals surface area contributed by atoms with Crippen molar-refractivity contribution in [2.75, 3.05) is 6.54 Å². The summed E-state index contributed by atoms with van der Waals surface area (Å²) in [5.41, 5.74) is 0.0995. The molecule has 0 radical (unpaired) electrons. The molecular formula is C12H19NO2. The molecule has 3 nitrogen and oxygen atoms in total. The number of carbonyl (C=O) groups excluding carboxylic acids is 1. The number of nitrogens with one attached hydrogen (secondary N) is 1. The molecule has 0 atom stereocenters. The van der Waals surface area contributed by atoms with Gasteiger partial charge in [-0.15, -0.1) is 0 Å². The molecule has 0 aromatic carbocycles. The summed E-state index contributed by atoms with van der Waals surface area (Å²) in [6, 6.07) is 3.38. The van der Waals surface area contributed by atoms with E-state index in [0.717, 1.165) is 0 Å². The molecule has 0 bridgehead atoms. The van der Waals surface area contributed by atoms with Gasteiger partial charge in [-0.1, -0.05) is 27.7 Å². The molecule has 0 fully saturated rings. The largest absolute Gasteiger partial charge is 0.459 e. The molecule has 1 aromatic rings. The Kier molecular flexibility index (Phi) is 3.56. The average Bonchev–Trinajstić information content (AvgIpc) is 2.66. The second-order valence-electron chi connectivity index (χ2n) is 4.80. The van der Waals surface area contributed by atoms with Crippen LogP contribution in [0.25, 0.3) is 0 Å². The summed E-state index contributed by atoms with van der Waals surface area (Å²) in [5, 5.41) is 2.87. The smallest absolute Gasteiger partial charge is 0.286 e. The van der Waals surface area contributed by atoms with E-state index < -0.39 is 0 Å². The zero-order valence-corrected chi connectivity index (χ0v) is 9.83. The van der Waals surface area contributed by atoms with Crippen LogP contribution in [0.2, 0.25) is 0 Å². The molecule has 1 amide bonds. The SMILES string of the molecule is CC(C)C(C)(C)CNC(=O)c1ccco1. The van der Waals surface area contributed by atoms with Crippen LogP contribution in [0, 0.1) is 11.3 Å². The Balaban J connectivity index is 2.48. The first-order valence-corrected chi connectivity index (χ1v) is 5.25. The van der Waals surface area contributed by atoms with E-state index in [2.05, 4.69) is 33.0 Å². The summed E-state index contributed by atoms with van der Waals surface area (Å²) in [7, 11) is 0. The predicted octanol–water partition coefficient (Wildman–Crippen LogP) is 2.69. The van der Waals surface area contributed by atoms with Crippen molar-refractivity contribution < 1.29 is 9.21 Å². The minimum atomic E-state index is -0.145. The van der Waals surface area contributed by atoms with Gasteiger partial charge in [-0.05, 0) is 23.5 Å². The molecule has 0 aliphatic carbocycles. The van der Waals surface area contributed by atoms with Crippen molar-refractivity contribution in [2.45, 2.75) is 27.7 Å². The summed E-state index contributed by atoms with van der Waals surface area (Å²) in [5.74, 6) is 0.748. The van der Waals surface area contributed by atoms with Crippen LogP contribution in [-0.2, 0) is 0 Å². The fourth-order valence-electron chi connectivity index (χ4n) is 1.01. The molecule has 15 heavy (non-hydrogen) atoms. The first-order chi connectivity index (χ1) is 6.93. The molecule has 0 saturated carbocycles. The Bertz CT molecular complexity index is 312. The Hall–Kier alpha value is -1.25. The van der Waals surface area contributed by atoms with Crippen molar-refractivity contribution in [1.29, 1.82) is 0 Å². The fraction of sp³-hybridized carbons (Fsp3) is 0.583. The van der Waals surface area contributed by atoms with Gasteiger partial charge in [0.15, 0.2) is 5.76 Å². The van der Waals surface area contributed by atoms with E-state index in [1.54, 1.807) is 12.1 Å². The summed E-state index contributed by atoms with van der Waals surface area (Å²) in [4.78, 5) is 11.6. The summed E-state index contributed by atoms with van der Waals surface area (Å²) >= 11 is 0. The average molecular weight is 209 g/mol. The monoisotopic (exact) mass is 209 g/mol. The maximum absolute atomic E-state index is 11.6. The first kappa shape index (κ1) is 11.8. The number of furan rings is 1. The van der Waals surface area contributed by atoms with Crippen LogP contribution in [0.3, 0.4) is 0 Å². The molecular weight excluding hydrogens is 190 g/mol. The van der Waals surface area contributed by atoms with E-state index >= 15 is 0 Å². The molecule has 1 aromatic heterocycles. The lowest BCUT2D eigenvalue weighted by Gasteiger charge is -2.29. The van der Waals surface area contributed by atoms with Crippen molar-refractivity contribution in [2.24, 2.45) is 11.3 Å². The Labute approximate surface area is 90.9 Å². The minimum absolute atomic E-state index is 0.0995. The normalized spacial score (nSPS) is 11.8. The van der Waals surface area contributed by atoms with E-state index in [9.17, 15) is 4.79 Å². The van der Waals surface area contributed by atoms with Crippen LogP contribution >= 0.6 is 0 Å². The highest BCUT2D eigenvalue weighted by Gasteiger charge is 2.23. The number of rotatable bonds is 4. The second kappa shape index (κ2) is 4.51. The molecule has 1 rings (SSSR count). The molecule has 0 unspecified atom stereocenters. The van der Waals surface area contributed by atoms with E-state index in [1.807, 2.05) is 0 Å². The fourth-order valence-corrected chi connectivity index (χ4v) is 1.01. The lowest BCUT2D eigenvalue weighted by Crippen LogP contribution is -2.36. The molecule has 1 heterocycles.